The van der Waals surface area contributed by atoms with Crippen LogP contribution >= 0.6 is 0 Å². The van der Waals surface area contributed by atoms with Crippen molar-refractivity contribution in [1.29, 1.82) is 0 Å². The average Bonchev–Trinajstić information content (AvgIpc) is 3.03. The number of aromatic nitrogens is 3. The van der Waals surface area contributed by atoms with Crippen LogP contribution in [0.3, 0.4) is 0 Å². The molecular formula is C25H28N4O. The lowest BCUT2D eigenvalue weighted by molar-refractivity contribution is -0.124. The Bertz CT molecular complexity index is 1100. The van der Waals surface area contributed by atoms with Crippen LogP contribution in [0.15, 0.2) is 42.7 Å². The van der Waals surface area contributed by atoms with Crippen molar-refractivity contribution in [3.63, 3.8) is 0 Å². The Balaban J connectivity index is 1.21. The van der Waals surface area contributed by atoms with Crippen molar-refractivity contribution in [2.24, 2.45) is 23.2 Å². The van der Waals surface area contributed by atoms with Crippen LogP contribution in [-0.4, -0.2) is 20.3 Å². The number of carbonyl (C=O) groups is 1. The lowest BCUT2D eigenvalue weighted by atomic mass is 9.49. The monoisotopic (exact) mass is 400 g/mol. The Kier molecular flexibility index (Phi) is 4.02. The molecule has 4 bridgehead atoms. The molecule has 4 aliphatic carbocycles. The molecule has 4 saturated carbocycles. The summed E-state index contributed by atoms with van der Waals surface area (Å²) < 4.78 is 1.99. The minimum atomic E-state index is 0.169. The fourth-order valence-electron chi connectivity index (χ4n) is 7.07. The SMILES string of the molecule is Cc1c(-c2cccc(NC(=O)CC34CC5CC(CC(C5)C3)C4)c2)nc2ncccn12. The van der Waals surface area contributed by atoms with Crippen molar-refractivity contribution >= 4 is 17.4 Å². The molecule has 2 aromatic heterocycles. The van der Waals surface area contributed by atoms with E-state index in [1.807, 2.05) is 40.9 Å². The lowest BCUT2D eigenvalue weighted by Crippen LogP contribution is -2.47. The number of hydrogen-bond acceptors (Lipinski definition) is 3. The summed E-state index contributed by atoms with van der Waals surface area (Å²) in [5.74, 6) is 3.49. The minimum absolute atomic E-state index is 0.169. The van der Waals surface area contributed by atoms with Gasteiger partial charge in [0, 0.05) is 35.8 Å². The van der Waals surface area contributed by atoms with Gasteiger partial charge in [-0.25, -0.2) is 9.97 Å². The molecule has 5 nitrogen and oxygen atoms in total. The molecule has 0 radical (unpaired) electrons. The van der Waals surface area contributed by atoms with Gasteiger partial charge in [0.2, 0.25) is 11.7 Å². The Labute approximate surface area is 176 Å². The van der Waals surface area contributed by atoms with Crippen LogP contribution in [0.25, 0.3) is 17.0 Å². The van der Waals surface area contributed by atoms with E-state index in [-0.39, 0.29) is 11.3 Å². The smallest absolute Gasteiger partial charge is 0.234 e. The van der Waals surface area contributed by atoms with Gasteiger partial charge in [-0.05, 0) is 86.8 Å². The summed E-state index contributed by atoms with van der Waals surface area (Å²) in [6.45, 7) is 2.05. The number of aryl methyl sites for hydroxylation is 1. The van der Waals surface area contributed by atoms with Crippen molar-refractivity contribution in [2.45, 2.75) is 51.9 Å². The number of imidazole rings is 1. The molecule has 3 aromatic rings. The molecule has 4 aliphatic rings. The maximum absolute atomic E-state index is 13.0. The van der Waals surface area contributed by atoms with Gasteiger partial charge in [0.15, 0.2) is 0 Å². The molecule has 4 fully saturated rings. The molecule has 2 heterocycles. The lowest BCUT2D eigenvalue weighted by Gasteiger charge is -2.56. The summed E-state index contributed by atoms with van der Waals surface area (Å²) in [6.07, 6.45) is 12.4. The second-order valence-electron chi connectivity index (χ2n) is 10.1. The fourth-order valence-corrected chi connectivity index (χ4v) is 7.07. The third-order valence-electron chi connectivity index (χ3n) is 7.76. The Morgan fingerprint density at radius 2 is 1.87 bits per heavy atom. The Morgan fingerprint density at radius 3 is 2.57 bits per heavy atom. The zero-order valence-electron chi connectivity index (χ0n) is 17.5. The highest BCUT2D eigenvalue weighted by molar-refractivity contribution is 5.92. The second-order valence-corrected chi connectivity index (χ2v) is 10.1. The van der Waals surface area contributed by atoms with Gasteiger partial charge in [-0.2, -0.15) is 0 Å². The van der Waals surface area contributed by atoms with Crippen LogP contribution in [0, 0.1) is 30.1 Å². The van der Waals surface area contributed by atoms with Crippen LogP contribution in [-0.2, 0) is 4.79 Å². The van der Waals surface area contributed by atoms with E-state index in [0.29, 0.717) is 12.2 Å². The quantitative estimate of drug-likeness (QED) is 0.651. The molecule has 0 spiro atoms. The number of carbonyl (C=O) groups excluding carboxylic acids is 1. The minimum Gasteiger partial charge on any atom is -0.326 e. The molecule has 5 heteroatoms. The summed E-state index contributed by atoms with van der Waals surface area (Å²) in [6, 6.07) is 9.96. The first-order valence-corrected chi connectivity index (χ1v) is 11.3. The first-order valence-electron chi connectivity index (χ1n) is 11.3. The number of anilines is 1. The van der Waals surface area contributed by atoms with Crippen molar-refractivity contribution in [1.82, 2.24) is 14.4 Å². The first-order chi connectivity index (χ1) is 14.6. The van der Waals surface area contributed by atoms with E-state index in [4.69, 9.17) is 0 Å². The molecule has 30 heavy (non-hydrogen) atoms. The van der Waals surface area contributed by atoms with Gasteiger partial charge in [-0.3, -0.25) is 9.20 Å². The molecule has 154 valence electrons. The molecule has 0 saturated heterocycles. The van der Waals surface area contributed by atoms with E-state index in [1.54, 1.807) is 6.20 Å². The second kappa shape index (κ2) is 6.66. The maximum Gasteiger partial charge on any atom is 0.234 e. The van der Waals surface area contributed by atoms with Gasteiger partial charge < -0.3 is 5.32 Å². The van der Waals surface area contributed by atoms with E-state index < -0.39 is 0 Å². The highest BCUT2D eigenvalue weighted by atomic mass is 16.1. The van der Waals surface area contributed by atoms with Crippen LogP contribution < -0.4 is 5.32 Å². The van der Waals surface area contributed by atoms with Gasteiger partial charge >= 0.3 is 0 Å². The largest absolute Gasteiger partial charge is 0.326 e. The van der Waals surface area contributed by atoms with Gasteiger partial charge in [0.25, 0.3) is 0 Å². The van der Waals surface area contributed by atoms with Gasteiger partial charge in [0.05, 0.1) is 5.69 Å². The van der Waals surface area contributed by atoms with Crippen LogP contribution in [0.2, 0.25) is 0 Å². The average molecular weight is 401 g/mol. The first kappa shape index (κ1) is 18.1. The van der Waals surface area contributed by atoms with Crippen LogP contribution in [0.4, 0.5) is 5.69 Å². The van der Waals surface area contributed by atoms with Crippen molar-refractivity contribution < 1.29 is 4.79 Å². The van der Waals surface area contributed by atoms with Gasteiger partial charge in [0.1, 0.15) is 0 Å². The van der Waals surface area contributed by atoms with Crippen molar-refractivity contribution in [3.05, 3.63) is 48.4 Å². The van der Waals surface area contributed by atoms with Crippen LogP contribution in [0.1, 0.15) is 50.6 Å². The summed E-state index contributed by atoms with van der Waals surface area (Å²) in [4.78, 5) is 22.0. The van der Waals surface area contributed by atoms with Crippen molar-refractivity contribution in [2.75, 3.05) is 5.32 Å². The number of benzene rings is 1. The van der Waals surface area contributed by atoms with E-state index in [9.17, 15) is 4.79 Å². The summed E-state index contributed by atoms with van der Waals surface area (Å²) in [5, 5.41) is 3.19. The topological polar surface area (TPSA) is 59.3 Å². The third-order valence-corrected chi connectivity index (χ3v) is 7.76. The van der Waals surface area contributed by atoms with E-state index in [1.165, 1.54) is 38.5 Å². The number of hydrogen-bond donors (Lipinski definition) is 1. The Hall–Kier alpha value is -2.69. The predicted molar refractivity (Wildman–Crippen MR) is 117 cm³/mol. The molecule has 0 aliphatic heterocycles. The summed E-state index contributed by atoms with van der Waals surface area (Å²) in [5.41, 5.74) is 4.08. The third kappa shape index (κ3) is 3.03. The Morgan fingerprint density at radius 1 is 1.13 bits per heavy atom. The standard InChI is InChI=1S/C25H28N4O/c1-16-23(28-24-26-6-3-7-29(16)24)20-4-2-5-21(11-20)27-22(30)15-25-12-17-8-18(13-25)10-19(9-17)14-25/h2-7,11,17-19H,8-10,12-15H2,1H3,(H,27,30). The zero-order chi connectivity index (χ0) is 20.3. The van der Waals surface area contributed by atoms with E-state index in [0.717, 1.165) is 40.4 Å². The van der Waals surface area contributed by atoms with E-state index in [2.05, 4.69) is 22.2 Å². The molecule has 1 aromatic carbocycles. The summed E-state index contributed by atoms with van der Waals surface area (Å²) >= 11 is 0. The van der Waals surface area contributed by atoms with Gasteiger partial charge in [-0.15, -0.1) is 0 Å². The molecule has 7 rings (SSSR count). The molecule has 1 N–H and O–H groups in total. The number of amides is 1. The molecule has 1 amide bonds. The fraction of sp³-hybridized carbons (Fsp3) is 0.480. The number of nitrogens with zero attached hydrogens (tertiary/aromatic N) is 3. The highest BCUT2D eigenvalue weighted by Gasteiger charge is 2.51. The molecule has 0 atom stereocenters. The molecule has 0 unspecified atom stereocenters. The van der Waals surface area contributed by atoms with E-state index >= 15 is 0 Å². The number of nitrogens with one attached hydrogen (secondary N) is 1. The molecular weight excluding hydrogens is 372 g/mol. The summed E-state index contributed by atoms with van der Waals surface area (Å²) in [7, 11) is 0. The van der Waals surface area contributed by atoms with Gasteiger partial charge in [-0.1, -0.05) is 12.1 Å². The van der Waals surface area contributed by atoms with Crippen molar-refractivity contribution in [3.8, 4) is 11.3 Å². The normalized spacial score (nSPS) is 29.4. The zero-order valence-corrected chi connectivity index (χ0v) is 17.5. The number of rotatable bonds is 4. The maximum atomic E-state index is 13.0. The number of fused-ring (bicyclic) bond motifs is 1. The van der Waals surface area contributed by atoms with Crippen LogP contribution in [0.5, 0.6) is 0 Å². The highest BCUT2D eigenvalue weighted by Crippen LogP contribution is 2.61. The predicted octanol–water partition coefficient (Wildman–Crippen LogP) is 5.25.